The van der Waals surface area contributed by atoms with E-state index in [0.29, 0.717) is 6.04 Å². The van der Waals surface area contributed by atoms with Crippen LogP contribution in [0.25, 0.3) is 0 Å². The summed E-state index contributed by atoms with van der Waals surface area (Å²) >= 11 is 2.32. The van der Waals surface area contributed by atoms with Gasteiger partial charge in [0.2, 0.25) is 0 Å². The van der Waals surface area contributed by atoms with Crippen molar-refractivity contribution in [1.82, 2.24) is 5.32 Å². The Hall–Kier alpha value is -0.130. The number of halogens is 1. The highest BCUT2D eigenvalue weighted by Gasteiger charge is 2.18. The van der Waals surface area contributed by atoms with E-state index in [1.807, 2.05) is 6.92 Å². The SMILES string of the molecule is CCOC(C)(C)CNC(C)c1ccc(I)cc1. The number of rotatable bonds is 6. The van der Waals surface area contributed by atoms with E-state index >= 15 is 0 Å². The molecule has 0 aliphatic carbocycles. The summed E-state index contributed by atoms with van der Waals surface area (Å²) in [5.41, 5.74) is 1.21. The van der Waals surface area contributed by atoms with Crippen LogP contribution in [0.4, 0.5) is 0 Å². The summed E-state index contributed by atoms with van der Waals surface area (Å²) in [4.78, 5) is 0. The first-order valence-electron chi connectivity index (χ1n) is 6.07. The molecule has 0 spiro atoms. The van der Waals surface area contributed by atoms with Crippen molar-refractivity contribution in [3.63, 3.8) is 0 Å². The van der Waals surface area contributed by atoms with Crippen LogP contribution in [-0.2, 0) is 4.74 Å². The first-order valence-corrected chi connectivity index (χ1v) is 7.15. The van der Waals surface area contributed by atoms with Crippen LogP contribution in [0.1, 0.15) is 39.3 Å². The smallest absolute Gasteiger partial charge is 0.0750 e. The topological polar surface area (TPSA) is 21.3 Å². The fourth-order valence-corrected chi connectivity index (χ4v) is 2.07. The fraction of sp³-hybridized carbons (Fsp3) is 0.571. The Labute approximate surface area is 118 Å². The van der Waals surface area contributed by atoms with E-state index in [9.17, 15) is 0 Å². The molecule has 0 bridgehead atoms. The monoisotopic (exact) mass is 347 g/mol. The largest absolute Gasteiger partial charge is 0.375 e. The van der Waals surface area contributed by atoms with Crippen molar-refractivity contribution in [3.05, 3.63) is 33.4 Å². The molecule has 1 rings (SSSR count). The Morgan fingerprint density at radius 1 is 1.29 bits per heavy atom. The van der Waals surface area contributed by atoms with Gasteiger partial charge in [0.25, 0.3) is 0 Å². The second-order valence-corrected chi connectivity index (χ2v) is 6.09. The van der Waals surface area contributed by atoms with Gasteiger partial charge in [-0.3, -0.25) is 0 Å². The molecule has 1 aromatic rings. The van der Waals surface area contributed by atoms with Crippen molar-refractivity contribution in [2.24, 2.45) is 0 Å². The van der Waals surface area contributed by atoms with E-state index in [1.54, 1.807) is 0 Å². The van der Waals surface area contributed by atoms with Crippen molar-refractivity contribution in [2.45, 2.75) is 39.3 Å². The highest BCUT2D eigenvalue weighted by atomic mass is 127. The summed E-state index contributed by atoms with van der Waals surface area (Å²) in [5.74, 6) is 0. The van der Waals surface area contributed by atoms with Crippen LogP contribution < -0.4 is 5.32 Å². The first kappa shape index (κ1) is 14.9. The lowest BCUT2D eigenvalue weighted by Crippen LogP contribution is -2.38. The molecule has 0 radical (unpaired) electrons. The van der Waals surface area contributed by atoms with E-state index in [4.69, 9.17) is 4.74 Å². The summed E-state index contributed by atoms with van der Waals surface area (Å²) < 4.78 is 6.94. The maximum Gasteiger partial charge on any atom is 0.0750 e. The van der Waals surface area contributed by atoms with Crippen molar-refractivity contribution in [3.8, 4) is 0 Å². The van der Waals surface area contributed by atoms with Gasteiger partial charge in [-0.15, -0.1) is 0 Å². The Morgan fingerprint density at radius 2 is 1.88 bits per heavy atom. The molecule has 0 aliphatic heterocycles. The van der Waals surface area contributed by atoms with E-state index < -0.39 is 0 Å². The van der Waals surface area contributed by atoms with Gasteiger partial charge in [0.05, 0.1) is 5.60 Å². The van der Waals surface area contributed by atoms with Crippen LogP contribution in [0.2, 0.25) is 0 Å². The molecule has 0 fully saturated rings. The summed E-state index contributed by atoms with van der Waals surface area (Å²) in [7, 11) is 0. The third-order valence-electron chi connectivity index (χ3n) is 2.74. The van der Waals surface area contributed by atoms with E-state index in [1.165, 1.54) is 9.13 Å². The van der Waals surface area contributed by atoms with Gasteiger partial charge in [0.15, 0.2) is 0 Å². The Kier molecular flexibility index (Phi) is 5.89. The third-order valence-corrected chi connectivity index (χ3v) is 3.46. The van der Waals surface area contributed by atoms with Gasteiger partial charge in [-0.25, -0.2) is 0 Å². The van der Waals surface area contributed by atoms with Crippen LogP contribution in [-0.4, -0.2) is 18.8 Å². The van der Waals surface area contributed by atoms with Crippen LogP contribution in [0.5, 0.6) is 0 Å². The van der Waals surface area contributed by atoms with Gasteiger partial charge in [0.1, 0.15) is 0 Å². The Morgan fingerprint density at radius 3 is 2.41 bits per heavy atom. The van der Waals surface area contributed by atoms with Gasteiger partial charge in [0, 0.05) is 22.8 Å². The molecule has 2 nitrogen and oxygen atoms in total. The van der Waals surface area contributed by atoms with Crippen LogP contribution in [0, 0.1) is 3.57 Å². The predicted octanol–water partition coefficient (Wildman–Crippen LogP) is 3.76. The second kappa shape index (κ2) is 6.71. The van der Waals surface area contributed by atoms with Gasteiger partial charge in [-0.05, 0) is 68.0 Å². The summed E-state index contributed by atoms with van der Waals surface area (Å²) in [6.07, 6.45) is 0. The highest BCUT2D eigenvalue weighted by molar-refractivity contribution is 14.1. The summed E-state index contributed by atoms with van der Waals surface area (Å²) in [5, 5.41) is 3.52. The summed E-state index contributed by atoms with van der Waals surface area (Å²) in [6.45, 7) is 10.1. The average Bonchev–Trinajstić information content (AvgIpc) is 2.27. The predicted molar refractivity (Wildman–Crippen MR) is 81.3 cm³/mol. The molecule has 1 atom stereocenters. The number of benzene rings is 1. The standard InChI is InChI=1S/C14H22INO/c1-5-17-14(3,4)10-16-11(2)12-6-8-13(15)9-7-12/h6-9,11,16H,5,10H2,1-4H3. The molecule has 96 valence electrons. The maximum absolute atomic E-state index is 5.67. The third kappa shape index (κ3) is 5.36. The fourth-order valence-electron chi connectivity index (χ4n) is 1.71. The molecule has 0 aliphatic rings. The minimum atomic E-state index is -0.105. The van der Waals surface area contributed by atoms with Gasteiger partial charge >= 0.3 is 0 Å². The summed E-state index contributed by atoms with van der Waals surface area (Å²) in [6, 6.07) is 8.98. The molecule has 1 N–H and O–H groups in total. The lowest BCUT2D eigenvalue weighted by molar-refractivity contribution is -0.0103. The zero-order valence-corrected chi connectivity index (χ0v) is 13.2. The van der Waals surface area contributed by atoms with Crippen molar-refractivity contribution in [1.29, 1.82) is 0 Å². The molecule has 0 saturated carbocycles. The molecule has 1 aromatic carbocycles. The van der Waals surface area contributed by atoms with Crippen LogP contribution >= 0.6 is 22.6 Å². The molecule has 17 heavy (non-hydrogen) atoms. The van der Waals surface area contributed by atoms with Crippen LogP contribution in [0.3, 0.4) is 0 Å². The highest BCUT2D eigenvalue weighted by Crippen LogP contribution is 2.16. The molecule has 1 unspecified atom stereocenters. The normalized spacial score (nSPS) is 13.7. The molecule has 0 saturated heterocycles. The zero-order chi connectivity index (χ0) is 12.9. The van der Waals surface area contributed by atoms with Crippen molar-refractivity contribution >= 4 is 22.6 Å². The quantitative estimate of drug-likeness (QED) is 0.792. The second-order valence-electron chi connectivity index (χ2n) is 4.85. The lowest BCUT2D eigenvalue weighted by Gasteiger charge is -2.27. The lowest BCUT2D eigenvalue weighted by atomic mass is 10.1. The molecule has 0 heterocycles. The van der Waals surface area contributed by atoms with Gasteiger partial charge in [-0.2, -0.15) is 0 Å². The minimum Gasteiger partial charge on any atom is -0.375 e. The molecular formula is C14H22INO. The number of hydrogen-bond donors (Lipinski definition) is 1. The van der Waals surface area contributed by atoms with Crippen molar-refractivity contribution in [2.75, 3.05) is 13.2 Å². The molecular weight excluding hydrogens is 325 g/mol. The average molecular weight is 347 g/mol. The number of ether oxygens (including phenoxy) is 1. The Balaban J connectivity index is 2.49. The van der Waals surface area contributed by atoms with Crippen molar-refractivity contribution < 1.29 is 4.74 Å². The van der Waals surface area contributed by atoms with Crippen LogP contribution in [0.15, 0.2) is 24.3 Å². The zero-order valence-electron chi connectivity index (χ0n) is 11.1. The van der Waals surface area contributed by atoms with Gasteiger partial charge in [-0.1, -0.05) is 12.1 Å². The maximum atomic E-state index is 5.67. The molecule has 0 aromatic heterocycles. The Bertz CT molecular complexity index is 335. The van der Waals surface area contributed by atoms with Gasteiger partial charge < -0.3 is 10.1 Å². The number of hydrogen-bond acceptors (Lipinski definition) is 2. The number of nitrogens with one attached hydrogen (secondary N) is 1. The van der Waals surface area contributed by atoms with E-state index in [0.717, 1.165) is 13.2 Å². The minimum absolute atomic E-state index is 0.105. The molecule has 3 heteroatoms. The van der Waals surface area contributed by atoms with E-state index in [2.05, 4.69) is 72.9 Å². The molecule has 0 amide bonds. The first-order chi connectivity index (χ1) is 7.94. The van der Waals surface area contributed by atoms with E-state index in [-0.39, 0.29) is 5.60 Å².